The number of nitrogens with one attached hydrogen (secondary N) is 1. The maximum atomic E-state index is 13.4. The van der Waals surface area contributed by atoms with Gasteiger partial charge in [0.15, 0.2) is 0 Å². The molecule has 2 rings (SSSR count). The van der Waals surface area contributed by atoms with Gasteiger partial charge in [-0.1, -0.05) is 18.6 Å². The van der Waals surface area contributed by atoms with Gasteiger partial charge in [-0.25, -0.2) is 4.39 Å². The van der Waals surface area contributed by atoms with Crippen LogP contribution in [0.4, 0.5) is 10.1 Å². The van der Waals surface area contributed by atoms with Gasteiger partial charge in [-0.05, 0) is 25.0 Å². The van der Waals surface area contributed by atoms with Crippen LogP contribution in [0.25, 0.3) is 0 Å². The quantitative estimate of drug-likeness (QED) is 0.866. The number of hydrogen-bond donors (Lipinski definition) is 2. The molecule has 2 atom stereocenters. The van der Waals surface area contributed by atoms with Gasteiger partial charge in [-0.15, -0.1) is 0 Å². The van der Waals surface area contributed by atoms with Crippen molar-refractivity contribution in [3.63, 3.8) is 0 Å². The highest BCUT2D eigenvalue weighted by Crippen LogP contribution is 2.33. The van der Waals surface area contributed by atoms with Gasteiger partial charge >= 0.3 is 5.97 Å². The second kappa shape index (κ2) is 5.16. The first kappa shape index (κ1) is 12.5. The summed E-state index contributed by atoms with van der Waals surface area (Å²) in [6.45, 7) is 0. The first-order valence-electron chi connectivity index (χ1n) is 5.88. The van der Waals surface area contributed by atoms with Crippen molar-refractivity contribution in [1.29, 1.82) is 0 Å². The number of carbonyl (C=O) groups is 2. The first-order valence-corrected chi connectivity index (χ1v) is 5.88. The van der Waals surface area contributed by atoms with E-state index in [9.17, 15) is 14.0 Å². The lowest BCUT2D eigenvalue weighted by molar-refractivity contribution is -0.145. The lowest BCUT2D eigenvalue weighted by Gasteiger charge is -2.15. The molecule has 18 heavy (non-hydrogen) atoms. The SMILES string of the molecule is O=C(O)[C@H]1CCC[C@H]1C(=O)Nc1ccccc1F. The largest absolute Gasteiger partial charge is 0.481 e. The van der Waals surface area contributed by atoms with E-state index in [2.05, 4.69) is 5.32 Å². The molecule has 1 amide bonds. The maximum absolute atomic E-state index is 13.4. The lowest BCUT2D eigenvalue weighted by Crippen LogP contribution is -2.30. The third kappa shape index (κ3) is 2.50. The average molecular weight is 251 g/mol. The van der Waals surface area contributed by atoms with Gasteiger partial charge in [0.2, 0.25) is 5.91 Å². The van der Waals surface area contributed by atoms with Crippen molar-refractivity contribution in [3.8, 4) is 0 Å². The summed E-state index contributed by atoms with van der Waals surface area (Å²) in [5.41, 5.74) is 0.0959. The van der Waals surface area contributed by atoms with Crippen molar-refractivity contribution < 1.29 is 19.1 Å². The summed E-state index contributed by atoms with van der Waals surface area (Å²) >= 11 is 0. The summed E-state index contributed by atoms with van der Waals surface area (Å²) in [4.78, 5) is 22.9. The number of anilines is 1. The number of carboxylic acids is 1. The number of carbonyl (C=O) groups excluding carboxylic acids is 1. The summed E-state index contributed by atoms with van der Waals surface area (Å²) in [5, 5.41) is 11.5. The minimum absolute atomic E-state index is 0.0959. The molecule has 1 fully saturated rings. The third-order valence-corrected chi connectivity index (χ3v) is 3.30. The van der Waals surface area contributed by atoms with Crippen LogP contribution in [-0.2, 0) is 9.59 Å². The van der Waals surface area contributed by atoms with Crippen LogP contribution >= 0.6 is 0 Å². The Hall–Kier alpha value is -1.91. The second-order valence-corrected chi connectivity index (χ2v) is 4.45. The lowest BCUT2D eigenvalue weighted by atomic mass is 9.95. The number of benzene rings is 1. The summed E-state index contributed by atoms with van der Waals surface area (Å²) in [6, 6.07) is 5.85. The van der Waals surface area contributed by atoms with Crippen molar-refractivity contribution in [1.82, 2.24) is 0 Å². The molecule has 0 radical (unpaired) electrons. The molecule has 0 aromatic heterocycles. The molecule has 0 saturated heterocycles. The van der Waals surface area contributed by atoms with E-state index in [4.69, 9.17) is 5.11 Å². The van der Waals surface area contributed by atoms with Crippen LogP contribution in [0.15, 0.2) is 24.3 Å². The Morgan fingerprint density at radius 2 is 1.89 bits per heavy atom. The molecule has 5 heteroatoms. The minimum atomic E-state index is -0.957. The summed E-state index contributed by atoms with van der Waals surface area (Å²) in [7, 11) is 0. The van der Waals surface area contributed by atoms with E-state index in [0.717, 1.165) is 0 Å². The molecule has 4 nitrogen and oxygen atoms in total. The van der Waals surface area contributed by atoms with Gasteiger partial charge in [-0.3, -0.25) is 9.59 Å². The van der Waals surface area contributed by atoms with E-state index in [0.29, 0.717) is 19.3 Å². The normalized spacial score (nSPS) is 22.7. The van der Waals surface area contributed by atoms with E-state index in [1.807, 2.05) is 0 Å². The van der Waals surface area contributed by atoms with E-state index in [-0.39, 0.29) is 5.69 Å². The Kier molecular flexibility index (Phi) is 3.60. The highest BCUT2D eigenvalue weighted by atomic mass is 19.1. The summed E-state index contributed by atoms with van der Waals surface area (Å²) in [5.74, 6) is -3.11. The van der Waals surface area contributed by atoms with Gasteiger partial charge in [0.25, 0.3) is 0 Å². The van der Waals surface area contributed by atoms with Crippen molar-refractivity contribution in [2.45, 2.75) is 19.3 Å². The number of aliphatic carboxylic acids is 1. The van der Waals surface area contributed by atoms with Crippen LogP contribution in [0.1, 0.15) is 19.3 Å². The number of amides is 1. The first-order chi connectivity index (χ1) is 8.59. The van der Waals surface area contributed by atoms with Crippen molar-refractivity contribution >= 4 is 17.6 Å². The van der Waals surface area contributed by atoms with E-state index in [1.54, 1.807) is 6.07 Å². The second-order valence-electron chi connectivity index (χ2n) is 4.45. The zero-order valence-electron chi connectivity index (χ0n) is 9.73. The van der Waals surface area contributed by atoms with Crippen LogP contribution < -0.4 is 5.32 Å². The molecule has 0 spiro atoms. The molecule has 1 aromatic carbocycles. The van der Waals surface area contributed by atoms with Crippen LogP contribution in [0.5, 0.6) is 0 Å². The van der Waals surface area contributed by atoms with Crippen LogP contribution in [-0.4, -0.2) is 17.0 Å². The molecule has 2 N–H and O–H groups in total. The Bertz CT molecular complexity index is 475. The molecule has 0 unspecified atom stereocenters. The number of para-hydroxylation sites is 1. The topological polar surface area (TPSA) is 66.4 Å². The van der Waals surface area contributed by atoms with Crippen molar-refractivity contribution in [3.05, 3.63) is 30.1 Å². The van der Waals surface area contributed by atoms with E-state index < -0.39 is 29.5 Å². The minimum Gasteiger partial charge on any atom is -0.481 e. The van der Waals surface area contributed by atoms with Gasteiger partial charge in [0.05, 0.1) is 17.5 Å². The fourth-order valence-electron chi connectivity index (χ4n) is 2.36. The standard InChI is InChI=1S/C13H14FNO3/c14-10-6-1-2-7-11(10)15-12(16)8-4-3-5-9(8)13(17)18/h1-2,6-9H,3-5H2,(H,15,16)(H,17,18)/t8-,9+/m1/s1. The van der Waals surface area contributed by atoms with Gasteiger partial charge in [0.1, 0.15) is 5.82 Å². The molecule has 0 heterocycles. The third-order valence-electron chi connectivity index (χ3n) is 3.30. The number of rotatable bonds is 3. The van der Waals surface area contributed by atoms with E-state index >= 15 is 0 Å². The number of carboxylic acid groups (broad SMARTS) is 1. The molecule has 0 aliphatic heterocycles. The monoisotopic (exact) mass is 251 g/mol. The zero-order chi connectivity index (χ0) is 13.1. The Balaban J connectivity index is 2.08. The Morgan fingerprint density at radius 1 is 1.22 bits per heavy atom. The summed E-state index contributed by atoms with van der Waals surface area (Å²) < 4.78 is 13.4. The molecule has 1 aromatic rings. The Labute approximate surface area is 104 Å². The maximum Gasteiger partial charge on any atom is 0.307 e. The number of hydrogen-bond acceptors (Lipinski definition) is 2. The molecule has 0 bridgehead atoms. The molecular weight excluding hydrogens is 237 g/mol. The van der Waals surface area contributed by atoms with Crippen LogP contribution in [0.3, 0.4) is 0 Å². The smallest absolute Gasteiger partial charge is 0.307 e. The molecule has 1 aliphatic rings. The fraction of sp³-hybridized carbons (Fsp3) is 0.385. The number of halogens is 1. The highest BCUT2D eigenvalue weighted by Gasteiger charge is 2.37. The van der Waals surface area contributed by atoms with Crippen molar-refractivity contribution in [2.24, 2.45) is 11.8 Å². The molecule has 1 aliphatic carbocycles. The van der Waals surface area contributed by atoms with E-state index in [1.165, 1.54) is 18.2 Å². The van der Waals surface area contributed by atoms with Crippen molar-refractivity contribution in [2.75, 3.05) is 5.32 Å². The van der Waals surface area contributed by atoms with Gasteiger partial charge in [0, 0.05) is 0 Å². The molecular formula is C13H14FNO3. The molecule has 1 saturated carbocycles. The van der Waals surface area contributed by atoms with Crippen LogP contribution in [0.2, 0.25) is 0 Å². The average Bonchev–Trinajstić information content (AvgIpc) is 2.81. The Morgan fingerprint density at radius 3 is 2.56 bits per heavy atom. The van der Waals surface area contributed by atoms with Gasteiger partial charge in [-0.2, -0.15) is 0 Å². The predicted octanol–water partition coefficient (Wildman–Crippen LogP) is 2.27. The highest BCUT2D eigenvalue weighted by molar-refractivity contribution is 5.95. The predicted molar refractivity (Wildman–Crippen MR) is 63.5 cm³/mol. The van der Waals surface area contributed by atoms with Crippen LogP contribution in [0, 0.1) is 17.7 Å². The summed E-state index contributed by atoms with van der Waals surface area (Å²) in [6.07, 6.45) is 1.76. The van der Waals surface area contributed by atoms with Gasteiger partial charge < -0.3 is 10.4 Å². The fourth-order valence-corrected chi connectivity index (χ4v) is 2.36. The molecule has 96 valence electrons. The zero-order valence-corrected chi connectivity index (χ0v) is 9.73.